The van der Waals surface area contributed by atoms with Gasteiger partial charge in [0.2, 0.25) is 5.91 Å². The number of nitrogens with one attached hydrogen (secondary N) is 1. The first-order chi connectivity index (χ1) is 9.16. The van der Waals surface area contributed by atoms with Crippen LogP contribution in [0.3, 0.4) is 0 Å². The maximum absolute atomic E-state index is 11.9. The highest BCUT2D eigenvalue weighted by molar-refractivity contribution is 5.84. The Labute approximate surface area is 114 Å². The lowest BCUT2D eigenvalue weighted by Crippen LogP contribution is -2.46. The highest BCUT2D eigenvalue weighted by atomic mass is 16.4. The molecule has 19 heavy (non-hydrogen) atoms. The van der Waals surface area contributed by atoms with Crippen LogP contribution in [-0.4, -0.2) is 23.0 Å². The molecule has 2 aliphatic carbocycles. The number of allylic oxidation sites excluding steroid dienone is 2. The summed E-state index contributed by atoms with van der Waals surface area (Å²) in [5, 5.41) is 12.0. The third kappa shape index (κ3) is 4.08. The van der Waals surface area contributed by atoms with Crippen molar-refractivity contribution >= 4 is 11.9 Å². The molecule has 1 fully saturated rings. The van der Waals surface area contributed by atoms with Crippen LogP contribution in [0.4, 0.5) is 0 Å². The maximum Gasteiger partial charge on any atom is 0.326 e. The minimum atomic E-state index is -0.887. The van der Waals surface area contributed by atoms with Crippen LogP contribution in [0, 0.1) is 11.8 Å². The lowest BCUT2D eigenvalue weighted by Gasteiger charge is -2.28. The number of carboxylic acids is 1. The lowest BCUT2D eigenvalue weighted by atomic mass is 9.83. The molecule has 0 aromatic heterocycles. The average Bonchev–Trinajstić information content (AvgIpc) is 2.89. The maximum atomic E-state index is 11.9. The summed E-state index contributed by atoms with van der Waals surface area (Å²) >= 11 is 0. The van der Waals surface area contributed by atoms with Crippen molar-refractivity contribution in [2.75, 3.05) is 0 Å². The van der Waals surface area contributed by atoms with Crippen molar-refractivity contribution in [2.24, 2.45) is 11.8 Å². The normalized spacial score (nSPS) is 25.2. The fraction of sp³-hybridized carbons (Fsp3) is 0.733. The van der Waals surface area contributed by atoms with E-state index in [2.05, 4.69) is 17.5 Å². The first kappa shape index (κ1) is 14.1. The van der Waals surface area contributed by atoms with Crippen LogP contribution in [0.1, 0.15) is 51.4 Å². The summed E-state index contributed by atoms with van der Waals surface area (Å²) in [6.07, 6.45) is 11.8. The van der Waals surface area contributed by atoms with E-state index in [-0.39, 0.29) is 11.8 Å². The zero-order valence-electron chi connectivity index (χ0n) is 11.3. The molecule has 2 rings (SSSR count). The second-order valence-corrected chi connectivity index (χ2v) is 5.75. The van der Waals surface area contributed by atoms with Gasteiger partial charge in [-0.2, -0.15) is 0 Å². The minimum Gasteiger partial charge on any atom is -0.480 e. The smallest absolute Gasteiger partial charge is 0.326 e. The summed E-state index contributed by atoms with van der Waals surface area (Å²) in [7, 11) is 0. The molecule has 2 aliphatic rings. The molecular weight excluding hydrogens is 242 g/mol. The molecule has 2 unspecified atom stereocenters. The van der Waals surface area contributed by atoms with Gasteiger partial charge in [-0.25, -0.2) is 4.79 Å². The minimum absolute atomic E-state index is 0.106. The van der Waals surface area contributed by atoms with E-state index in [0.29, 0.717) is 12.3 Å². The van der Waals surface area contributed by atoms with Gasteiger partial charge in [0.05, 0.1) is 0 Å². The van der Waals surface area contributed by atoms with E-state index in [1.54, 1.807) is 0 Å². The Morgan fingerprint density at radius 1 is 1.21 bits per heavy atom. The molecule has 106 valence electrons. The molecule has 0 aliphatic heterocycles. The summed E-state index contributed by atoms with van der Waals surface area (Å²) in [6.45, 7) is 0. The van der Waals surface area contributed by atoms with Crippen LogP contribution in [-0.2, 0) is 9.59 Å². The Balaban J connectivity index is 1.86. The molecule has 4 nitrogen and oxygen atoms in total. The van der Waals surface area contributed by atoms with Crippen LogP contribution < -0.4 is 5.32 Å². The SMILES string of the molecule is O=C(CC1C=CCC1)NC(C(=O)O)C1CCCCC1. The fourth-order valence-corrected chi connectivity index (χ4v) is 3.18. The monoisotopic (exact) mass is 265 g/mol. The van der Waals surface area contributed by atoms with Crippen molar-refractivity contribution in [3.05, 3.63) is 12.2 Å². The van der Waals surface area contributed by atoms with Gasteiger partial charge >= 0.3 is 5.97 Å². The zero-order chi connectivity index (χ0) is 13.7. The average molecular weight is 265 g/mol. The van der Waals surface area contributed by atoms with Crippen LogP contribution in [0.5, 0.6) is 0 Å². The molecule has 0 aromatic carbocycles. The molecule has 0 saturated heterocycles. The van der Waals surface area contributed by atoms with Crippen molar-refractivity contribution in [1.29, 1.82) is 0 Å². The van der Waals surface area contributed by atoms with E-state index in [0.717, 1.165) is 38.5 Å². The number of amides is 1. The zero-order valence-corrected chi connectivity index (χ0v) is 11.3. The number of aliphatic carboxylic acids is 1. The number of hydrogen-bond acceptors (Lipinski definition) is 2. The Kier molecular flexibility index (Phi) is 5.00. The summed E-state index contributed by atoms with van der Waals surface area (Å²) in [5.74, 6) is -0.605. The summed E-state index contributed by atoms with van der Waals surface area (Å²) in [4.78, 5) is 23.3. The van der Waals surface area contributed by atoms with E-state index in [1.165, 1.54) is 6.42 Å². The fourth-order valence-electron chi connectivity index (χ4n) is 3.18. The number of carbonyl (C=O) groups excluding carboxylic acids is 1. The molecule has 1 saturated carbocycles. The van der Waals surface area contributed by atoms with Gasteiger partial charge in [-0.3, -0.25) is 4.79 Å². The standard InChI is InChI=1S/C15H23NO3/c17-13(10-11-6-4-5-7-11)16-14(15(18)19)12-8-2-1-3-9-12/h4,6,11-12,14H,1-3,5,7-10H2,(H,16,17)(H,18,19). The second kappa shape index (κ2) is 6.73. The Morgan fingerprint density at radius 3 is 2.53 bits per heavy atom. The topological polar surface area (TPSA) is 66.4 Å². The lowest BCUT2D eigenvalue weighted by molar-refractivity contribution is -0.144. The molecule has 0 bridgehead atoms. The van der Waals surface area contributed by atoms with Gasteiger partial charge in [0, 0.05) is 6.42 Å². The summed E-state index contributed by atoms with van der Waals surface area (Å²) in [6, 6.07) is -0.696. The summed E-state index contributed by atoms with van der Waals surface area (Å²) in [5.41, 5.74) is 0. The predicted molar refractivity (Wildman–Crippen MR) is 72.6 cm³/mol. The van der Waals surface area contributed by atoms with Crippen molar-refractivity contribution in [3.8, 4) is 0 Å². The van der Waals surface area contributed by atoms with Gasteiger partial charge in [0.15, 0.2) is 0 Å². The van der Waals surface area contributed by atoms with E-state index in [9.17, 15) is 14.7 Å². The van der Waals surface area contributed by atoms with Gasteiger partial charge in [-0.15, -0.1) is 0 Å². The number of rotatable bonds is 5. The Morgan fingerprint density at radius 2 is 1.95 bits per heavy atom. The number of hydrogen-bond donors (Lipinski definition) is 2. The molecule has 4 heteroatoms. The molecule has 0 radical (unpaired) electrons. The third-order valence-electron chi connectivity index (χ3n) is 4.26. The van der Waals surface area contributed by atoms with Gasteiger partial charge in [-0.1, -0.05) is 31.4 Å². The molecular formula is C15H23NO3. The van der Waals surface area contributed by atoms with E-state index >= 15 is 0 Å². The van der Waals surface area contributed by atoms with Crippen molar-refractivity contribution in [3.63, 3.8) is 0 Å². The molecule has 1 amide bonds. The molecule has 0 heterocycles. The molecule has 0 spiro atoms. The molecule has 2 atom stereocenters. The summed E-state index contributed by atoms with van der Waals surface area (Å²) < 4.78 is 0. The number of carbonyl (C=O) groups is 2. The Hall–Kier alpha value is -1.32. The van der Waals surface area contributed by atoms with E-state index in [1.807, 2.05) is 0 Å². The number of carboxylic acid groups (broad SMARTS) is 1. The van der Waals surface area contributed by atoms with Gasteiger partial charge in [0.1, 0.15) is 6.04 Å². The van der Waals surface area contributed by atoms with E-state index in [4.69, 9.17) is 0 Å². The quantitative estimate of drug-likeness (QED) is 0.750. The van der Waals surface area contributed by atoms with Crippen molar-refractivity contribution in [2.45, 2.75) is 57.4 Å². The largest absolute Gasteiger partial charge is 0.480 e. The van der Waals surface area contributed by atoms with Gasteiger partial charge in [0.25, 0.3) is 0 Å². The van der Waals surface area contributed by atoms with Gasteiger partial charge < -0.3 is 10.4 Å². The van der Waals surface area contributed by atoms with Crippen LogP contribution in [0.25, 0.3) is 0 Å². The highest BCUT2D eigenvalue weighted by Gasteiger charge is 2.31. The Bertz CT molecular complexity index is 358. The second-order valence-electron chi connectivity index (χ2n) is 5.75. The first-order valence-electron chi connectivity index (χ1n) is 7.35. The van der Waals surface area contributed by atoms with Crippen molar-refractivity contribution in [1.82, 2.24) is 5.32 Å². The highest BCUT2D eigenvalue weighted by Crippen LogP contribution is 2.27. The third-order valence-corrected chi connectivity index (χ3v) is 4.26. The van der Waals surface area contributed by atoms with Gasteiger partial charge in [-0.05, 0) is 37.5 Å². The van der Waals surface area contributed by atoms with Crippen molar-refractivity contribution < 1.29 is 14.7 Å². The van der Waals surface area contributed by atoms with Crippen LogP contribution in [0.2, 0.25) is 0 Å². The first-order valence-corrected chi connectivity index (χ1v) is 7.35. The van der Waals surface area contributed by atoms with E-state index < -0.39 is 12.0 Å². The molecule has 0 aromatic rings. The predicted octanol–water partition coefficient (Wildman–Crippen LogP) is 2.49. The van der Waals surface area contributed by atoms with Crippen LogP contribution >= 0.6 is 0 Å². The van der Waals surface area contributed by atoms with Crippen LogP contribution in [0.15, 0.2) is 12.2 Å². The molecule has 2 N–H and O–H groups in total.